The van der Waals surface area contributed by atoms with Gasteiger partial charge >= 0.3 is 6.18 Å². The number of nitrogens with zero attached hydrogens (tertiary/aromatic N) is 2. The van der Waals surface area contributed by atoms with Crippen molar-refractivity contribution in [2.24, 2.45) is 5.92 Å². The zero-order chi connectivity index (χ0) is 26.5. The second kappa shape index (κ2) is 11.8. The lowest BCUT2D eigenvalue weighted by molar-refractivity contribution is -0.141. The van der Waals surface area contributed by atoms with Crippen molar-refractivity contribution in [2.75, 3.05) is 19.6 Å². The second-order valence-electron chi connectivity index (χ2n) is 9.35. The third-order valence-electron chi connectivity index (χ3n) is 5.90. The van der Waals surface area contributed by atoms with Crippen LogP contribution in [0.3, 0.4) is 0 Å². The van der Waals surface area contributed by atoms with Crippen LogP contribution in [0.2, 0.25) is 0 Å². The van der Waals surface area contributed by atoms with E-state index in [1.165, 1.54) is 17.0 Å². The molecule has 0 radical (unpaired) electrons. The maximum absolute atomic E-state index is 13.4. The molecule has 1 unspecified atom stereocenters. The molecule has 36 heavy (non-hydrogen) atoms. The molecule has 1 aromatic heterocycles. The number of rotatable bonds is 10. The van der Waals surface area contributed by atoms with Gasteiger partial charge < -0.3 is 14.8 Å². The number of nitrogens with one attached hydrogen (secondary N) is 1. The fourth-order valence-electron chi connectivity index (χ4n) is 4.09. The van der Waals surface area contributed by atoms with E-state index < -0.39 is 17.1 Å². The van der Waals surface area contributed by atoms with Gasteiger partial charge in [-0.3, -0.25) is 9.59 Å². The molecule has 2 amide bonds. The van der Waals surface area contributed by atoms with Crippen LogP contribution in [-0.4, -0.2) is 51.6 Å². The Balaban J connectivity index is 1.82. The van der Waals surface area contributed by atoms with E-state index in [1.807, 2.05) is 44.3 Å². The van der Waals surface area contributed by atoms with Crippen LogP contribution in [0.4, 0.5) is 13.2 Å². The molecule has 1 heterocycles. The molecule has 0 fully saturated rings. The molecule has 0 saturated carbocycles. The van der Waals surface area contributed by atoms with Gasteiger partial charge in [0.15, 0.2) is 0 Å². The molecule has 0 aliphatic heterocycles. The molecule has 1 N–H and O–H groups in total. The first kappa shape index (κ1) is 27.6. The normalized spacial score (nSPS) is 12.7. The van der Waals surface area contributed by atoms with E-state index in [-0.39, 0.29) is 30.8 Å². The average Bonchev–Trinajstić information content (AvgIpc) is 3.23. The molecule has 194 valence electrons. The number of halogens is 4. The van der Waals surface area contributed by atoms with Gasteiger partial charge in [-0.25, -0.2) is 0 Å². The van der Waals surface area contributed by atoms with Crippen LogP contribution < -0.4 is 0 Å². The molecule has 0 spiro atoms. The summed E-state index contributed by atoms with van der Waals surface area (Å²) in [6.45, 7) is 6.14. The molecule has 0 bridgehead atoms. The van der Waals surface area contributed by atoms with Crippen molar-refractivity contribution < 1.29 is 22.8 Å². The molecule has 1 atom stereocenters. The number of para-hydroxylation sites is 1. The minimum absolute atomic E-state index is 0.124. The summed E-state index contributed by atoms with van der Waals surface area (Å²) < 4.78 is 39.0. The van der Waals surface area contributed by atoms with Crippen LogP contribution in [0.5, 0.6) is 0 Å². The summed E-state index contributed by atoms with van der Waals surface area (Å²) in [5.74, 6) is -0.488. The lowest BCUT2D eigenvalue weighted by Crippen LogP contribution is -2.46. The van der Waals surface area contributed by atoms with Gasteiger partial charge in [0.1, 0.15) is 5.38 Å². The summed E-state index contributed by atoms with van der Waals surface area (Å²) in [6, 6.07) is 12.6. The lowest BCUT2D eigenvalue weighted by Gasteiger charge is -2.29. The van der Waals surface area contributed by atoms with Crippen LogP contribution in [0.1, 0.15) is 37.5 Å². The number of amides is 2. The SMILES string of the molecule is CC(C)CN(CC(=O)N(CCc1c[nH]c2ccccc12)Cc1ccc(C(F)(F)F)cc1)C(=O)C(C)Cl. The number of aromatic nitrogens is 1. The summed E-state index contributed by atoms with van der Waals surface area (Å²) >= 11 is 6.02. The predicted octanol–water partition coefficient (Wildman–Crippen LogP) is 5.87. The van der Waals surface area contributed by atoms with E-state index in [0.29, 0.717) is 25.1 Å². The number of hydrogen-bond acceptors (Lipinski definition) is 2. The van der Waals surface area contributed by atoms with Gasteiger partial charge in [-0.05, 0) is 48.6 Å². The van der Waals surface area contributed by atoms with Gasteiger partial charge in [-0.2, -0.15) is 13.2 Å². The van der Waals surface area contributed by atoms with Crippen molar-refractivity contribution in [3.05, 3.63) is 71.4 Å². The molecular weight excluding hydrogens is 491 g/mol. The number of H-pyrrole nitrogens is 1. The first-order valence-electron chi connectivity index (χ1n) is 11.9. The highest BCUT2D eigenvalue weighted by molar-refractivity contribution is 6.30. The summed E-state index contributed by atoms with van der Waals surface area (Å²) in [5, 5.41) is 0.276. The fraction of sp³-hybridized carbons (Fsp3) is 0.407. The largest absolute Gasteiger partial charge is 0.416 e. The minimum atomic E-state index is -4.43. The van der Waals surface area contributed by atoms with Crippen LogP contribution in [-0.2, 0) is 28.7 Å². The minimum Gasteiger partial charge on any atom is -0.361 e. The Bertz CT molecular complexity index is 1170. The quantitative estimate of drug-likeness (QED) is 0.339. The van der Waals surface area contributed by atoms with E-state index in [0.717, 1.165) is 28.6 Å². The molecular formula is C27H31ClF3N3O2. The first-order chi connectivity index (χ1) is 17.0. The van der Waals surface area contributed by atoms with Gasteiger partial charge in [0.25, 0.3) is 0 Å². The fourth-order valence-corrected chi connectivity index (χ4v) is 4.23. The van der Waals surface area contributed by atoms with Crippen molar-refractivity contribution in [1.82, 2.24) is 14.8 Å². The van der Waals surface area contributed by atoms with Gasteiger partial charge in [-0.15, -0.1) is 11.6 Å². The molecule has 0 saturated heterocycles. The van der Waals surface area contributed by atoms with Crippen LogP contribution in [0, 0.1) is 5.92 Å². The number of carbonyl (C=O) groups excluding carboxylic acids is 2. The molecule has 0 aliphatic rings. The van der Waals surface area contributed by atoms with Crippen molar-refractivity contribution in [3.8, 4) is 0 Å². The topological polar surface area (TPSA) is 56.4 Å². The van der Waals surface area contributed by atoms with Crippen LogP contribution in [0.25, 0.3) is 10.9 Å². The molecule has 3 rings (SSSR count). The maximum Gasteiger partial charge on any atom is 0.416 e. The maximum atomic E-state index is 13.4. The Kier molecular flexibility index (Phi) is 9.06. The smallest absolute Gasteiger partial charge is 0.361 e. The third-order valence-corrected chi connectivity index (χ3v) is 6.08. The van der Waals surface area contributed by atoms with E-state index in [9.17, 15) is 22.8 Å². The highest BCUT2D eigenvalue weighted by atomic mass is 35.5. The van der Waals surface area contributed by atoms with Crippen LogP contribution >= 0.6 is 11.6 Å². The standard InChI is InChI=1S/C27H31ClF3N3O2/c1-18(2)15-34(26(36)19(3)28)17-25(35)33(16-20-8-10-22(11-9-20)27(29,30)31)13-12-21-14-32-24-7-5-4-6-23(21)24/h4-11,14,18-19,32H,12-13,15-17H2,1-3H3. The Morgan fingerprint density at radius 3 is 2.28 bits per heavy atom. The first-order valence-corrected chi connectivity index (χ1v) is 12.3. The monoisotopic (exact) mass is 521 g/mol. The zero-order valence-corrected chi connectivity index (χ0v) is 21.4. The van der Waals surface area contributed by atoms with Crippen molar-refractivity contribution >= 4 is 34.3 Å². The molecule has 5 nitrogen and oxygen atoms in total. The van der Waals surface area contributed by atoms with Gasteiger partial charge in [-0.1, -0.05) is 44.2 Å². The highest BCUT2D eigenvalue weighted by Gasteiger charge is 2.30. The van der Waals surface area contributed by atoms with Gasteiger partial charge in [0, 0.05) is 36.7 Å². The number of alkyl halides is 4. The Morgan fingerprint density at radius 2 is 1.67 bits per heavy atom. The summed E-state index contributed by atoms with van der Waals surface area (Å²) in [7, 11) is 0. The van der Waals surface area contributed by atoms with E-state index in [2.05, 4.69) is 4.98 Å². The highest BCUT2D eigenvalue weighted by Crippen LogP contribution is 2.29. The van der Waals surface area contributed by atoms with Crippen molar-refractivity contribution in [2.45, 2.75) is 45.3 Å². The van der Waals surface area contributed by atoms with Crippen molar-refractivity contribution in [1.29, 1.82) is 0 Å². The predicted molar refractivity (Wildman–Crippen MR) is 136 cm³/mol. The molecule has 3 aromatic rings. The number of fused-ring (bicyclic) bond motifs is 1. The molecule has 2 aromatic carbocycles. The Morgan fingerprint density at radius 1 is 1.00 bits per heavy atom. The number of aromatic amines is 1. The van der Waals surface area contributed by atoms with Crippen LogP contribution in [0.15, 0.2) is 54.7 Å². The summed E-state index contributed by atoms with van der Waals surface area (Å²) in [6.07, 6.45) is -1.99. The summed E-state index contributed by atoms with van der Waals surface area (Å²) in [4.78, 5) is 32.3. The lowest BCUT2D eigenvalue weighted by atomic mass is 10.1. The average molecular weight is 522 g/mol. The summed E-state index contributed by atoms with van der Waals surface area (Å²) in [5.41, 5.74) is 1.84. The van der Waals surface area contributed by atoms with Gasteiger partial charge in [0.2, 0.25) is 11.8 Å². The molecule has 9 heteroatoms. The third kappa shape index (κ3) is 7.26. The second-order valence-corrected chi connectivity index (χ2v) is 10.0. The van der Waals surface area contributed by atoms with Crippen molar-refractivity contribution in [3.63, 3.8) is 0 Å². The van der Waals surface area contributed by atoms with E-state index >= 15 is 0 Å². The van der Waals surface area contributed by atoms with E-state index in [4.69, 9.17) is 11.6 Å². The van der Waals surface area contributed by atoms with Gasteiger partial charge in [0.05, 0.1) is 12.1 Å². The van der Waals surface area contributed by atoms with E-state index in [1.54, 1.807) is 11.8 Å². The Hall–Kier alpha value is -3.00. The number of carbonyl (C=O) groups is 2. The number of benzene rings is 2. The molecule has 0 aliphatic carbocycles. The number of hydrogen-bond donors (Lipinski definition) is 1. The zero-order valence-electron chi connectivity index (χ0n) is 20.6. The Labute approximate surface area is 214 Å².